The zero-order valence-corrected chi connectivity index (χ0v) is 52.3. The highest BCUT2D eigenvalue weighted by atomic mass is 16.6. The van der Waals surface area contributed by atoms with Crippen LogP contribution in [0.5, 0.6) is 0 Å². The molecule has 0 saturated carbocycles. The van der Waals surface area contributed by atoms with Gasteiger partial charge in [-0.3, -0.25) is 14.4 Å². The van der Waals surface area contributed by atoms with Crippen LogP contribution in [0.1, 0.15) is 310 Å². The summed E-state index contributed by atoms with van der Waals surface area (Å²) in [5, 5.41) is 0. The monoisotopic (exact) mass is 1110 g/mol. The van der Waals surface area contributed by atoms with Gasteiger partial charge in [0.25, 0.3) is 0 Å². The fourth-order valence-corrected chi connectivity index (χ4v) is 9.21. The summed E-state index contributed by atoms with van der Waals surface area (Å²) in [5.74, 6) is -0.959. The molecule has 0 aliphatic rings. The summed E-state index contributed by atoms with van der Waals surface area (Å²) in [6.45, 7) is 6.50. The summed E-state index contributed by atoms with van der Waals surface area (Å²) >= 11 is 0. The molecule has 0 spiro atoms. The summed E-state index contributed by atoms with van der Waals surface area (Å²) in [6, 6.07) is 0. The van der Waals surface area contributed by atoms with Crippen LogP contribution in [-0.2, 0) is 28.6 Å². The second-order valence-electron chi connectivity index (χ2n) is 22.0. The lowest BCUT2D eigenvalue weighted by Gasteiger charge is -2.18. The van der Waals surface area contributed by atoms with Crippen molar-refractivity contribution in [1.82, 2.24) is 0 Å². The Morgan fingerprint density at radius 3 is 0.825 bits per heavy atom. The molecule has 0 heterocycles. The zero-order chi connectivity index (χ0) is 57.8. The van der Waals surface area contributed by atoms with Crippen molar-refractivity contribution < 1.29 is 28.6 Å². The molecule has 0 radical (unpaired) electrons. The average molecular weight is 1110 g/mol. The van der Waals surface area contributed by atoms with E-state index < -0.39 is 6.10 Å². The summed E-state index contributed by atoms with van der Waals surface area (Å²) in [5.41, 5.74) is 0. The normalized spacial score (nSPS) is 12.9. The van der Waals surface area contributed by atoms with Gasteiger partial charge in [0.2, 0.25) is 0 Å². The second-order valence-corrected chi connectivity index (χ2v) is 22.0. The van der Waals surface area contributed by atoms with Crippen molar-refractivity contribution in [1.29, 1.82) is 0 Å². The fraction of sp³-hybridized carbons (Fsp3) is 0.689. The van der Waals surface area contributed by atoms with Crippen molar-refractivity contribution >= 4 is 17.9 Å². The van der Waals surface area contributed by atoms with Crippen LogP contribution in [0, 0.1) is 0 Å². The van der Waals surface area contributed by atoms with Crippen molar-refractivity contribution in [3.8, 4) is 0 Å². The van der Waals surface area contributed by atoms with Gasteiger partial charge in [0.1, 0.15) is 13.2 Å². The molecule has 0 bridgehead atoms. The lowest BCUT2D eigenvalue weighted by molar-refractivity contribution is -0.167. The Hall–Kier alpha value is -4.19. The smallest absolute Gasteiger partial charge is 0.306 e. The number of esters is 3. The summed E-state index contributed by atoms with van der Waals surface area (Å²) in [4.78, 5) is 38.3. The number of allylic oxidation sites excluding steroid dienone is 20. The molecule has 0 N–H and O–H groups in total. The summed E-state index contributed by atoms with van der Waals surface area (Å²) in [7, 11) is 0. The van der Waals surface area contributed by atoms with E-state index in [2.05, 4.69) is 142 Å². The molecule has 80 heavy (non-hydrogen) atoms. The zero-order valence-electron chi connectivity index (χ0n) is 52.3. The van der Waals surface area contributed by atoms with E-state index in [1.807, 2.05) is 0 Å². The van der Waals surface area contributed by atoms with Crippen LogP contribution in [0.25, 0.3) is 0 Å². The first-order valence-corrected chi connectivity index (χ1v) is 33.5. The van der Waals surface area contributed by atoms with E-state index >= 15 is 0 Å². The number of ether oxygens (including phenoxy) is 3. The molecule has 0 saturated heterocycles. The molecule has 1 atom stereocenters. The van der Waals surface area contributed by atoms with Gasteiger partial charge in [0.15, 0.2) is 6.10 Å². The standard InChI is InChI=1S/C74H124O6/c1-4-7-10-13-16-19-22-25-28-31-32-33-34-35-36-37-38-39-40-41-42-44-46-49-52-55-58-61-64-67-73(76)79-70-71(69-78-72(75)66-63-60-57-54-51-48-45-30-27-24-21-18-15-12-9-6-3)80-74(77)68-65-62-59-56-53-50-47-43-29-26-23-20-17-14-11-8-5-2/h7,10,16,19,25,28,30,32-33,35-36,38-39,41-42,45-46,49,55,58,71H,4-6,8-9,11-15,17-18,20-24,26-27,29,31,34,37,40,43-44,47-48,50-54,56-57,59-70H2,1-3H3/b10-7-,19-16-,28-25-,33-32-,36-35-,39-38-,42-41-,45-30-,49-46-,58-55-. The van der Waals surface area contributed by atoms with Crippen LogP contribution in [0.4, 0.5) is 0 Å². The molecule has 456 valence electrons. The third-order valence-corrected chi connectivity index (χ3v) is 14.2. The molecule has 0 amide bonds. The highest BCUT2D eigenvalue weighted by Gasteiger charge is 2.19. The molecular formula is C74H124O6. The largest absolute Gasteiger partial charge is 0.462 e. The lowest BCUT2D eigenvalue weighted by Crippen LogP contribution is -2.30. The van der Waals surface area contributed by atoms with Gasteiger partial charge in [-0.15, -0.1) is 0 Å². The Morgan fingerprint density at radius 1 is 0.263 bits per heavy atom. The Bertz CT molecular complexity index is 1650. The minimum absolute atomic E-state index is 0.0996. The predicted octanol–water partition coefficient (Wildman–Crippen LogP) is 23.2. The molecule has 0 aromatic rings. The molecule has 0 aromatic carbocycles. The molecular weight excluding hydrogens is 985 g/mol. The number of rotatable bonds is 60. The molecule has 6 nitrogen and oxygen atoms in total. The van der Waals surface area contributed by atoms with Crippen molar-refractivity contribution in [2.45, 2.75) is 316 Å². The maximum absolute atomic E-state index is 12.9. The Labute approximate surface area is 494 Å². The van der Waals surface area contributed by atoms with E-state index in [-0.39, 0.29) is 37.5 Å². The maximum Gasteiger partial charge on any atom is 0.306 e. The van der Waals surface area contributed by atoms with Gasteiger partial charge in [-0.2, -0.15) is 0 Å². The van der Waals surface area contributed by atoms with Crippen LogP contribution in [0.2, 0.25) is 0 Å². The van der Waals surface area contributed by atoms with Gasteiger partial charge in [0, 0.05) is 19.3 Å². The van der Waals surface area contributed by atoms with E-state index in [1.165, 1.54) is 154 Å². The van der Waals surface area contributed by atoms with Gasteiger partial charge < -0.3 is 14.2 Å². The van der Waals surface area contributed by atoms with Crippen LogP contribution >= 0.6 is 0 Å². The number of hydrogen-bond acceptors (Lipinski definition) is 6. The summed E-state index contributed by atoms with van der Waals surface area (Å²) < 4.78 is 16.9. The van der Waals surface area contributed by atoms with E-state index in [0.29, 0.717) is 19.3 Å². The van der Waals surface area contributed by atoms with Gasteiger partial charge in [0.05, 0.1) is 0 Å². The first kappa shape index (κ1) is 75.8. The second kappa shape index (κ2) is 67.3. The Balaban J connectivity index is 4.45. The first-order chi connectivity index (χ1) is 39.5. The third-order valence-electron chi connectivity index (χ3n) is 14.2. The van der Waals surface area contributed by atoms with Crippen molar-refractivity contribution in [3.63, 3.8) is 0 Å². The molecule has 0 aliphatic heterocycles. The number of hydrogen-bond donors (Lipinski definition) is 0. The minimum Gasteiger partial charge on any atom is -0.462 e. The Kier molecular flexibility index (Phi) is 63.8. The Morgan fingerprint density at radius 2 is 0.500 bits per heavy atom. The SMILES string of the molecule is CC/C=C\C/C=C\C/C=C\C/C=C\C/C=C\C/C=C\C/C=C\C/C=C\C/C=C\CCCC(=O)OCC(COC(=O)CCCCCCC/C=C\CCCCCCCCC)OC(=O)CCCCCCCCCCCCCCCCCCC. The topological polar surface area (TPSA) is 78.9 Å². The maximum atomic E-state index is 12.9. The minimum atomic E-state index is -0.807. The molecule has 6 heteroatoms. The van der Waals surface area contributed by atoms with Gasteiger partial charge in [-0.05, 0) is 109 Å². The van der Waals surface area contributed by atoms with Crippen molar-refractivity contribution in [3.05, 3.63) is 122 Å². The highest BCUT2D eigenvalue weighted by molar-refractivity contribution is 5.71. The van der Waals surface area contributed by atoms with E-state index in [1.54, 1.807) is 0 Å². The van der Waals surface area contributed by atoms with Gasteiger partial charge >= 0.3 is 17.9 Å². The van der Waals surface area contributed by atoms with Crippen LogP contribution in [0.3, 0.4) is 0 Å². The number of carbonyl (C=O) groups is 3. The van der Waals surface area contributed by atoms with Crippen LogP contribution in [0.15, 0.2) is 122 Å². The predicted molar refractivity (Wildman–Crippen MR) is 348 cm³/mol. The van der Waals surface area contributed by atoms with Gasteiger partial charge in [-0.1, -0.05) is 303 Å². The fourth-order valence-electron chi connectivity index (χ4n) is 9.21. The lowest BCUT2D eigenvalue weighted by atomic mass is 10.0. The molecule has 1 unspecified atom stereocenters. The van der Waals surface area contributed by atoms with E-state index in [4.69, 9.17) is 14.2 Å². The van der Waals surface area contributed by atoms with E-state index in [9.17, 15) is 14.4 Å². The molecule has 0 fully saturated rings. The number of carbonyl (C=O) groups excluding carboxylic acids is 3. The highest BCUT2D eigenvalue weighted by Crippen LogP contribution is 2.16. The molecule has 0 aliphatic carbocycles. The van der Waals surface area contributed by atoms with Crippen molar-refractivity contribution in [2.75, 3.05) is 13.2 Å². The number of unbranched alkanes of at least 4 members (excludes halogenated alkanes) is 29. The van der Waals surface area contributed by atoms with Crippen LogP contribution < -0.4 is 0 Å². The third kappa shape index (κ3) is 64.6. The summed E-state index contributed by atoms with van der Waals surface area (Å²) in [6.07, 6.45) is 93.6. The van der Waals surface area contributed by atoms with E-state index in [0.717, 1.165) is 109 Å². The quantitative estimate of drug-likeness (QED) is 0.0261. The van der Waals surface area contributed by atoms with Crippen LogP contribution in [-0.4, -0.2) is 37.2 Å². The molecule has 0 rings (SSSR count). The first-order valence-electron chi connectivity index (χ1n) is 33.5. The molecule has 0 aromatic heterocycles. The van der Waals surface area contributed by atoms with Crippen molar-refractivity contribution in [2.24, 2.45) is 0 Å². The van der Waals surface area contributed by atoms with Gasteiger partial charge in [-0.25, -0.2) is 0 Å². The average Bonchev–Trinajstić information content (AvgIpc) is 3.46.